The van der Waals surface area contributed by atoms with E-state index >= 15 is 0 Å². The molecule has 0 fully saturated rings. The molecular weight excluding hydrogens is 697 g/mol. The van der Waals surface area contributed by atoms with E-state index in [-0.39, 0.29) is 19.5 Å². The summed E-state index contributed by atoms with van der Waals surface area (Å²) in [7, 11) is -4.94. The first kappa shape index (κ1) is 36.8. The third kappa shape index (κ3) is 11.9. The van der Waals surface area contributed by atoms with E-state index in [0.717, 1.165) is 55.3 Å². The first-order chi connectivity index (χ1) is 21.7. The molecule has 0 amide bonds. The molecule has 0 N–H and O–H groups in total. The molecule has 0 aliphatic carbocycles. The fraction of sp³-hybridized carbons (Fsp3) is 0.0625. The molecule has 46 heavy (non-hydrogen) atoms. The van der Waals surface area contributed by atoms with Crippen molar-refractivity contribution in [2.75, 3.05) is 12.5 Å². The predicted octanol–water partition coefficient (Wildman–Crippen LogP) is 3.10. The number of thioether (sulfide) groups is 2. The zero-order chi connectivity index (χ0) is 32.1. The molecule has 0 aliphatic rings. The predicted molar refractivity (Wildman–Crippen MR) is 165 cm³/mol. The van der Waals surface area contributed by atoms with Crippen molar-refractivity contribution in [2.24, 2.45) is 0 Å². The third-order valence-electron chi connectivity index (χ3n) is 5.78. The van der Waals surface area contributed by atoms with Crippen molar-refractivity contribution in [1.82, 2.24) is 29.9 Å². The van der Waals surface area contributed by atoms with Gasteiger partial charge < -0.3 is 0 Å². The molecule has 0 aromatic carbocycles. The molecule has 0 aliphatic heterocycles. The Hall–Kier alpha value is -3.65. The van der Waals surface area contributed by atoms with Crippen molar-refractivity contribution < 1.29 is 48.4 Å². The van der Waals surface area contributed by atoms with Gasteiger partial charge in [-0.15, -0.1) is 33.8 Å². The summed E-state index contributed by atoms with van der Waals surface area (Å²) in [6.07, 6.45) is 11.2. The molecule has 6 rings (SSSR count). The molecule has 0 saturated carbocycles. The van der Waals surface area contributed by atoms with Crippen molar-refractivity contribution in [3.8, 4) is 45.6 Å². The average Bonchev–Trinajstić information content (AvgIpc) is 3.09. The maximum atomic E-state index is 8.49. The van der Waals surface area contributed by atoms with Crippen LogP contribution in [-0.2, 0) is 19.5 Å². The fourth-order valence-corrected chi connectivity index (χ4v) is 4.75. The van der Waals surface area contributed by atoms with E-state index < -0.39 is 10.2 Å². The summed E-state index contributed by atoms with van der Waals surface area (Å²) in [5.41, 5.74) is 7.00. The van der Waals surface area contributed by atoms with Gasteiger partial charge in [-0.3, -0.25) is 19.9 Å². The first-order valence-electron chi connectivity index (χ1n) is 13.1. The summed E-state index contributed by atoms with van der Waals surface area (Å²) in [6.45, 7) is 0. The maximum Gasteiger partial charge on any atom is 2.00 e. The van der Waals surface area contributed by atoms with E-state index in [2.05, 4.69) is 66.7 Å². The number of rotatable bonds is 6. The van der Waals surface area contributed by atoms with Crippen LogP contribution in [0.15, 0.2) is 132 Å². The largest absolute Gasteiger partial charge is 2.00 e. The number of pyridine rings is 6. The Labute approximate surface area is 290 Å². The van der Waals surface area contributed by atoms with Gasteiger partial charge in [0.15, 0.2) is 0 Å². The second-order valence-electron chi connectivity index (χ2n) is 8.79. The van der Waals surface area contributed by atoms with Gasteiger partial charge in [-0.1, -0.05) is 24.3 Å². The standard InChI is InChI=1S/2C16H13N3S.ClHO4.Zn/c2*1-20-12-10-15(13-6-2-4-8-17-13)19-16(11-12)14-7-3-5-9-18-14;2-1(3,4)5;/h2*2-11H,1H3;(H,2,3,4,5);/q;;;+2/p-1. The quantitative estimate of drug-likeness (QED) is 0.182. The topological polar surface area (TPSA) is 170 Å². The van der Waals surface area contributed by atoms with Crippen LogP contribution in [0.25, 0.3) is 45.6 Å². The van der Waals surface area contributed by atoms with Crippen molar-refractivity contribution in [1.29, 1.82) is 0 Å². The Bertz CT molecular complexity index is 1530. The molecular formula is C32H26ClN6O4S2Zn+. The van der Waals surface area contributed by atoms with Crippen molar-refractivity contribution in [2.45, 2.75) is 9.79 Å². The van der Waals surface area contributed by atoms with Gasteiger partial charge in [0.2, 0.25) is 0 Å². The molecule has 14 heteroatoms. The van der Waals surface area contributed by atoms with E-state index in [1.165, 1.54) is 0 Å². The summed E-state index contributed by atoms with van der Waals surface area (Å²) in [6, 6.07) is 31.6. The second-order valence-corrected chi connectivity index (χ2v) is 11.3. The Kier molecular flexibility index (Phi) is 14.8. The van der Waals surface area contributed by atoms with Crippen LogP contribution in [0.3, 0.4) is 0 Å². The third-order valence-corrected chi connectivity index (χ3v) is 7.19. The number of halogens is 1. The zero-order valence-corrected chi connectivity index (χ0v) is 30.1. The number of nitrogens with zero attached hydrogens (tertiary/aromatic N) is 6. The van der Waals surface area contributed by atoms with Crippen molar-refractivity contribution in [3.63, 3.8) is 0 Å². The molecule has 0 saturated heterocycles. The Morgan fingerprint density at radius 3 is 0.848 bits per heavy atom. The minimum Gasteiger partial charge on any atom is -0.255 e. The van der Waals surface area contributed by atoms with Gasteiger partial charge in [-0.25, -0.2) is 28.6 Å². The van der Waals surface area contributed by atoms with Crippen LogP contribution in [0, 0.1) is 10.2 Å². The van der Waals surface area contributed by atoms with Crippen LogP contribution < -0.4 is 18.6 Å². The minimum atomic E-state index is -4.94. The number of hydrogen-bond donors (Lipinski definition) is 0. The van der Waals surface area contributed by atoms with E-state index in [0.29, 0.717) is 0 Å². The Balaban J connectivity index is 0.000000215. The molecule has 0 radical (unpaired) electrons. The second kappa shape index (κ2) is 18.5. The van der Waals surface area contributed by atoms with Gasteiger partial charge in [0.05, 0.1) is 45.6 Å². The zero-order valence-electron chi connectivity index (χ0n) is 24.8. The average molecular weight is 724 g/mol. The van der Waals surface area contributed by atoms with Gasteiger partial charge in [0, 0.05) is 34.6 Å². The maximum absolute atomic E-state index is 8.49. The summed E-state index contributed by atoms with van der Waals surface area (Å²) in [4.78, 5) is 29.1. The molecule has 0 bridgehead atoms. The molecule has 0 spiro atoms. The van der Waals surface area contributed by atoms with Crippen molar-refractivity contribution in [3.05, 3.63) is 122 Å². The van der Waals surface area contributed by atoms with Crippen LogP contribution in [0.1, 0.15) is 0 Å². The van der Waals surface area contributed by atoms with Crippen molar-refractivity contribution >= 4 is 23.5 Å². The monoisotopic (exact) mass is 721 g/mol. The molecule has 228 valence electrons. The molecule has 6 aromatic heterocycles. The summed E-state index contributed by atoms with van der Waals surface area (Å²) in [5.74, 6) is 0. The SMILES string of the molecule is CSc1cc(-c2ccccn2)nc(-c2ccccn2)c1.CSc1cc(-c2ccccn2)nc(-c2ccccn2)c1.[O-][Cl+3]([O-])([O-])[O-].[Zn+2]. The number of hydrogen-bond acceptors (Lipinski definition) is 12. The van der Waals surface area contributed by atoms with E-state index in [1.54, 1.807) is 48.3 Å². The fourth-order valence-electron chi connectivity index (χ4n) is 3.83. The molecule has 0 atom stereocenters. The van der Waals surface area contributed by atoms with E-state index in [9.17, 15) is 0 Å². The molecule has 6 heterocycles. The summed E-state index contributed by atoms with van der Waals surface area (Å²) >= 11 is 3.38. The van der Waals surface area contributed by atoms with Crippen LogP contribution >= 0.6 is 23.5 Å². The van der Waals surface area contributed by atoms with Gasteiger partial charge in [0.1, 0.15) is 0 Å². The van der Waals surface area contributed by atoms with Crippen LogP contribution in [0.2, 0.25) is 0 Å². The van der Waals surface area contributed by atoms with E-state index in [1.807, 2.05) is 72.8 Å². The smallest absolute Gasteiger partial charge is 0.255 e. The Morgan fingerprint density at radius 2 is 0.674 bits per heavy atom. The van der Waals surface area contributed by atoms with Gasteiger partial charge >= 0.3 is 19.5 Å². The molecule has 0 unspecified atom stereocenters. The molecule has 10 nitrogen and oxygen atoms in total. The summed E-state index contributed by atoms with van der Waals surface area (Å²) in [5, 5.41) is 0. The summed E-state index contributed by atoms with van der Waals surface area (Å²) < 4.78 is 34.0. The van der Waals surface area contributed by atoms with E-state index in [4.69, 9.17) is 18.6 Å². The van der Waals surface area contributed by atoms with Gasteiger partial charge in [-0.05, 0) is 85.3 Å². The minimum absolute atomic E-state index is 0. The number of aromatic nitrogens is 6. The van der Waals surface area contributed by atoms with Crippen LogP contribution in [0.4, 0.5) is 0 Å². The van der Waals surface area contributed by atoms with Gasteiger partial charge in [-0.2, -0.15) is 0 Å². The normalized spacial score (nSPS) is 10.4. The molecule has 6 aromatic rings. The Morgan fingerprint density at radius 1 is 0.435 bits per heavy atom. The van der Waals surface area contributed by atoms with Gasteiger partial charge in [0.25, 0.3) is 0 Å². The van der Waals surface area contributed by atoms with Crippen LogP contribution in [-0.4, -0.2) is 42.4 Å². The van der Waals surface area contributed by atoms with Crippen LogP contribution in [0.5, 0.6) is 0 Å². The first-order valence-corrected chi connectivity index (χ1v) is 16.8.